The van der Waals surface area contributed by atoms with Gasteiger partial charge in [0.25, 0.3) is 0 Å². The number of aromatic nitrogens is 1. The monoisotopic (exact) mass is 287 g/mol. The average molecular weight is 287 g/mol. The lowest BCUT2D eigenvalue weighted by atomic mass is 10.2. The van der Waals surface area contributed by atoms with E-state index in [2.05, 4.69) is 15.6 Å². The lowest BCUT2D eigenvalue weighted by molar-refractivity contribution is 0.0636. The Morgan fingerprint density at radius 2 is 1.90 bits per heavy atom. The Hall–Kier alpha value is -2.43. The number of para-hydroxylation sites is 2. The zero-order valence-corrected chi connectivity index (χ0v) is 12.6. The minimum absolute atomic E-state index is 0.460. The number of aromatic amines is 1. The fourth-order valence-electron chi connectivity index (χ4n) is 1.83. The molecule has 0 bridgehead atoms. The van der Waals surface area contributed by atoms with Gasteiger partial charge in [-0.05, 0) is 44.5 Å². The lowest BCUT2D eigenvalue weighted by Crippen LogP contribution is -2.27. The summed E-state index contributed by atoms with van der Waals surface area (Å²) in [6.07, 6.45) is 3.34. The molecule has 0 saturated carbocycles. The smallest absolute Gasteiger partial charge is 0.412 e. The highest BCUT2D eigenvalue weighted by atomic mass is 16.6. The van der Waals surface area contributed by atoms with Crippen LogP contribution in [0.5, 0.6) is 0 Å². The van der Waals surface area contributed by atoms with E-state index in [0.717, 1.165) is 11.3 Å². The highest BCUT2D eigenvalue weighted by molar-refractivity contribution is 5.89. The van der Waals surface area contributed by atoms with Crippen molar-refractivity contribution in [3.8, 4) is 0 Å². The van der Waals surface area contributed by atoms with Crippen LogP contribution in [0.25, 0.3) is 0 Å². The molecule has 0 saturated heterocycles. The first kappa shape index (κ1) is 15.0. The Morgan fingerprint density at radius 1 is 1.19 bits per heavy atom. The Balaban J connectivity index is 2.01. The maximum absolute atomic E-state index is 11.8. The molecule has 5 nitrogen and oxygen atoms in total. The zero-order chi connectivity index (χ0) is 15.3. The maximum atomic E-state index is 11.8. The van der Waals surface area contributed by atoms with Gasteiger partial charge in [0.1, 0.15) is 5.60 Å². The molecule has 1 heterocycles. The fraction of sp³-hybridized carbons (Fsp3) is 0.312. The van der Waals surface area contributed by atoms with Crippen LogP contribution in [-0.4, -0.2) is 16.7 Å². The molecule has 3 N–H and O–H groups in total. The second-order valence-electron chi connectivity index (χ2n) is 5.75. The summed E-state index contributed by atoms with van der Waals surface area (Å²) in [6.45, 7) is 6.18. The number of hydrogen-bond donors (Lipinski definition) is 3. The Kier molecular flexibility index (Phi) is 4.52. The van der Waals surface area contributed by atoms with Crippen molar-refractivity contribution >= 4 is 17.5 Å². The van der Waals surface area contributed by atoms with Crippen LogP contribution in [0.2, 0.25) is 0 Å². The average Bonchev–Trinajstić information content (AvgIpc) is 2.88. The number of amides is 1. The van der Waals surface area contributed by atoms with E-state index in [1.165, 1.54) is 0 Å². The van der Waals surface area contributed by atoms with E-state index < -0.39 is 11.7 Å². The summed E-state index contributed by atoms with van der Waals surface area (Å²) in [4.78, 5) is 14.9. The fourth-order valence-corrected chi connectivity index (χ4v) is 1.83. The van der Waals surface area contributed by atoms with E-state index in [0.29, 0.717) is 12.2 Å². The summed E-state index contributed by atoms with van der Waals surface area (Å²) < 4.78 is 5.26. The van der Waals surface area contributed by atoms with Gasteiger partial charge in [-0.3, -0.25) is 5.32 Å². The van der Waals surface area contributed by atoms with Crippen LogP contribution >= 0.6 is 0 Å². The van der Waals surface area contributed by atoms with Gasteiger partial charge in [0.15, 0.2) is 0 Å². The predicted molar refractivity (Wildman–Crippen MR) is 84.4 cm³/mol. The van der Waals surface area contributed by atoms with Crippen molar-refractivity contribution in [2.24, 2.45) is 0 Å². The van der Waals surface area contributed by atoms with E-state index in [9.17, 15) is 4.79 Å². The Bertz CT molecular complexity index is 586. The minimum Gasteiger partial charge on any atom is -0.444 e. The van der Waals surface area contributed by atoms with Gasteiger partial charge in [-0.2, -0.15) is 0 Å². The second kappa shape index (κ2) is 6.35. The molecule has 5 heteroatoms. The molecule has 0 unspecified atom stereocenters. The third-order valence-corrected chi connectivity index (χ3v) is 2.71. The van der Waals surface area contributed by atoms with Crippen molar-refractivity contribution in [2.45, 2.75) is 32.9 Å². The number of carbonyl (C=O) groups excluding carboxylic acids is 1. The summed E-state index contributed by atoms with van der Waals surface area (Å²) in [5.41, 5.74) is 2.17. The maximum Gasteiger partial charge on any atom is 0.412 e. The second-order valence-corrected chi connectivity index (χ2v) is 5.75. The number of nitrogens with one attached hydrogen (secondary N) is 3. The molecule has 1 amide bonds. The SMILES string of the molecule is CC(C)(C)OC(=O)Nc1ccccc1NCc1cc[nH]c1. The topological polar surface area (TPSA) is 66.2 Å². The van der Waals surface area contributed by atoms with Gasteiger partial charge in [-0.25, -0.2) is 4.79 Å². The number of hydrogen-bond acceptors (Lipinski definition) is 3. The first-order valence-electron chi connectivity index (χ1n) is 6.88. The first-order valence-corrected chi connectivity index (χ1v) is 6.88. The van der Waals surface area contributed by atoms with Crippen LogP contribution < -0.4 is 10.6 Å². The van der Waals surface area contributed by atoms with E-state index in [1.54, 1.807) is 0 Å². The molecule has 0 aliphatic heterocycles. The van der Waals surface area contributed by atoms with E-state index >= 15 is 0 Å². The molecule has 21 heavy (non-hydrogen) atoms. The van der Waals surface area contributed by atoms with E-state index in [4.69, 9.17) is 4.74 Å². The summed E-state index contributed by atoms with van der Waals surface area (Å²) in [6, 6.07) is 9.54. The Morgan fingerprint density at radius 3 is 2.52 bits per heavy atom. The quantitative estimate of drug-likeness (QED) is 0.797. The molecular weight excluding hydrogens is 266 g/mol. The lowest BCUT2D eigenvalue weighted by Gasteiger charge is -2.20. The molecule has 112 valence electrons. The molecular formula is C16H21N3O2. The molecule has 2 aromatic rings. The van der Waals surface area contributed by atoms with Crippen molar-refractivity contribution in [3.63, 3.8) is 0 Å². The number of H-pyrrole nitrogens is 1. The molecule has 0 aliphatic rings. The first-order chi connectivity index (χ1) is 9.94. The molecule has 1 aromatic carbocycles. The molecule has 1 aromatic heterocycles. The third kappa shape index (κ3) is 4.87. The van der Waals surface area contributed by atoms with Crippen LogP contribution in [0.3, 0.4) is 0 Å². The van der Waals surface area contributed by atoms with E-state index in [1.807, 2.05) is 63.5 Å². The summed E-state index contributed by atoms with van der Waals surface area (Å²) in [5.74, 6) is 0. The molecule has 0 fully saturated rings. The largest absolute Gasteiger partial charge is 0.444 e. The standard InChI is InChI=1S/C16H21N3O2/c1-16(2,3)21-15(20)19-14-7-5-4-6-13(14)18-11-12-8-9-17-10-12/h4-10,17-18H,11H2,1-3H3,(H,19,20). The van der Waals surface area contributed by atoms with Gasteiger partial charge in [0, 0.05) is 18.9 Å². The van der Waals surface area contributed by atoms with Crippen molar-refractivity contribution < 1.29 is 9.53 Å². The van der Waals surface area contributed by atoms with Crippen molar-refractivity contribution in [1.82, 2.24) is 4.98 Å². The highest BCUT2D eigenvalue weighted by Crippen LogP contribution is 2.22. The minimum atomic E-state index is -0.516. The van der Waals surface area contributed by atoms with Crippen LogP contribution in [0.4, 0.5) is 16.2 Å². The number of carbonyl (C=O) groups is 1. The van der Waals surface area contributed by atoms with Crippen LogP contribution in [0, 0.1) is 0 Å². The normalized spacial score (nSPS) is 11.0. The van der Waals surface area contributed by atoms with Gasteiger partial charge >= 0.3 is 6.09 Å². The number of anilines is 2. The summed E-state index contributed by atoms with van der Waals surface area (Å²) in [5, 5.41) is 6.06. The van der Waals surface area contributed by atoms with Crippen molar-refractivity contribution in [1.29, 1.82) is 0 Å². The van der Waals surface area contributed by atoms with Gasteiger partial charge in [-0.1, -0.05) is 12.1 Å². The molecule has 2 rings (SSSR count). The highest BCUT2D eigenvalue weighted by Gasteiger charge is 2.17. The Labute approximate surface area is 124 Å². The van der Waals surface area contributed by atoms with Crippen molar-refractivity contribution in [2.75, 3.05) is 10.6 Å². The molecule has 0 radical (unpaired) electrons. The molecule has 0 atom stereocenters. The summed E-state index contributed by atoms with van der Waals surface area (Å²) in [7, 11) is 0. The van der Waals surface area contributed by atoms with Crippen molar-refractivity contribution in [3.05, 3.63) is 48.3 Å². The predicted octanol–water partition coefficient (Wildman–Crippen LogP) is 3.97. The van der Waals surface area contributed by atoms with Crippen LogP contribution in [-0.2, 0) is 11.3 Å². The number of rotatable bonds is 4. The van der Waals surface area contributed by atoms with Gasteiger partial charge in [0.05, 0.1) is 11.4 Å². The summed E-state index contributed by atoms with van der Waals surface area (Å²) >= 11 is 0. The number of benzene rings is 1. The van der Waals surface area contributed by atoms with Gasteiger partial charge in [0.2, 0.25) is 0 Å². The zero-order valence-electron chi connectivity index (χ0n) is 12.6. The third-order valence-electron chi connectivity index (χ3n) is 2.71. The van der Waals surface area contributed by atoms with Crippen LogP contribution in [0.1, 0.15) is 26.3 Å². The van der Waals surface area contributed by atoms with Crippen LogP contribution in [0.15, 0.2) is 42.7 Å². The molecule has 0 spiro atoms. The number of ether oxygens (including phenoxy) is 1. The molecule has 0 aliphatic carbocycles. The van der Waals surface area contributed by atoms with E-state index in [-0.39, 0.29) is 0 Å². The van der Waals surface area contributed by atoms with Gasteiger partial charge in [-0.15, -0.1) is 0 Å². The van der Waals surface area contributed by atoms with Gasteiger partial charge < -0.3 is 15.0 Å².